The Morgan fingerprint density at radius 3 is 1.82 bits per heavy atom. The fraction of sp³-hybridized carbons (Fsp3) is 0.0741. The number of nitrogens with zero attached hydrogens (tertiary/aromatic N) is 2. The average molecular weight is 733 g/mol. The number of fused-ring (bicyclic) bond motifs is 7. The summed E-state index contributed by atoms with van der Waals surface area (Å²) in [5.41, 5.74) is 18.9. The molecule has 0 saturated heterocycles. The van der Waals surface area contributed by atoms with Gasteiger partial charge in [-0.1, -0.05) is 121 Å². The van der Waals surface area contributed by atoms with Crippen LogP contribution in [0.2, 0.25) is 0 Å². The van der Waals surface area contributed by atoms with E-state index in [0.717, 1.165) is 34.8 Å². The second kappa shape index (κ2) is 13.0. The highest BCUT2D eigenvalue weighted by molar-refractivity contribution is 6.01. The van der Waals surface area contributed by atoms with Crippen molar-refractivity contribution in [1.29, 1.82) is 0 Å². The molecule has 1 aliphatic carbocycles. The second-order valence-corrected chi connectivity index (χ2v) is 15.8. The van der Waals surface area contributed by atoms with Crippen LogP contribution in [0, 0.1) is 0 Å². The lowest BCUT2D eigenvalue weighted by atomic mass is 9.85. The summed E-state index contributed by atoms with van der Waals surface area (Å²) < 4.78 is 6.55. The van der Waals surface area contributed by atoms with Gasteiger partial charge in [0.15, 0.2) is 0 Å². The number of anilines is 6. The molecule has 0 amide bonds. The van der Waals surface area contributed by atoms with E-state index >= 15 is 0 Å². The van der Waals surface area contributed by atoms with Crippen molar-refractivity contribution in [2.45, 2.75) is 25.7 Å². The monoisotopic (exact) mass is 732 g/mol. The highest BCUT2D eigenvalue weighted by atomic mass is 16.3. The maximum Gasteiger partial charge on any atom is 0.134 e. The zero-order valence-corrected chi connectivity index (χ0v) is 32.0. The zero-order chi connectivity index (χ0) is 38.1. The summed E-state index contributed by atoms with van der Waals surface area (Å²) in [6.45, 7) is 4.57. The van der Waals surface area contributed by atoms with Crippen molar-refractivity contribution in [3.63, 3.8) is 0 Å². The van der Waals surface area contributed by atoms with Gasteiger partial charge in [-0.05, 0) is 131 Å². The van der Waals surface area contributed by atoms with Crippen molar-refractivity contribution in [3.8, 4) is 33.4 Å². The number of hydrogen-bond donors (Lipinski definition) is 0. The summed E-state index contributed by atoms with van der Waals surface area (Å²) in [4.78, 5) is 4.78. The molecule has 272 valence electrons. The molecule has 3 nitrogen and oxygen atoms in total. The van der Waals surface area contributed by atoms with Crippen molar-refractivity contribution in [1.82, 2.24) is 0 Å². The molecule has 11 rings (SSSR count). The second-order valence-electron chi connectivity index (χ2n) is 15.8. The van der Waals surface area contributed by atoms with Gasteiger partial charge < -0.3 is 14.2 Å². The van der Waals surface area contributed by atoms with Crippen molar-refractivity contribution in [2.24, 2.45) is 0 Å². The molecule has 0 fully saturated rings. The summed E-state index contributed by atoms with van der Waals surface area (Å²) >= 11 is 0. The van der Waals surface area contributed by atoms with E-state index in [-0.39, 0.29) is 5.41 Å². The van der Waals surface area contributed by atoms with E-state index in [1.165, 1.54) is 72.5 Å². The predicted molar refractivity (Wildman–Crippen MR) is 237 cm³/mol. The van der Waals surface area contributed by atoms with Gasteiger partial charge >= 0.3 is 0 Å². The van der Waals surface area contributed by atoms with Crippen LogP contribution >= 0.6 is 0 Å². The molecule has 0 spiro atoms. The number of furan rings is 1. The predicted octanol–water partition coefficient (Wildman–Crippen LogP) is 14.9. The molecule has 3 heteroatoms. The van der Waals surface area contributed by atoms with Gasteiger partial charge in [-0.15, -0.1) is 0 Å². The first-order chi connectivity index (χ1) is 28.0. The van der Waals surface area contributed by atoms with Gasteiger partial charge in [-0.25, -0.2) is 0 Å². The molecule has 1 aliphatic heterocycles. The van der Waals surface area contributed by atoms with Crippen LogP contribution < -0.4 is 9.80 Å². The van der Waals surface area contributed by atoms with Crippen LogP contribution in [0.15, 0.2) is 199 Å². The largest absolute Gasteiger partial charge is 0.459 e. The average Bonchev–Trinajstić information content (AvgIpc) is 3.76. The molecule has 0 unspecified atom stereocenters. The van der Waals surface area contributed by atoms with Crippen LogP contribution in [-0.4, -0.2) is 0 Å². The van der Waals surface area contributed by atoms with Gasteiger partial charge in [0, 0.05) is 56.9 Å². The Balaban J connectivity index is 0.987. The number of hydrogen-bond acceptors (Lipinski definition) is 3. The lowest BCUT2D eigenvalue weighted by Crippen LogP contribution is -2.18. The van der Waals surface area contributed by atoms with E-state index in [1.807, 2.05) is 6.07 Å². The molecule has 0 atom stereocenters. The van der Waals surface area contributed by atoms with Crippen molar-refractivity contribution < 1.29 is 4.42 Å². The van der Waals surface area contributed by atoms with Crippen LogP contribution in [0.3, 0.4) is 0 Å². The summed E-state index contributed by atoms with van der Waals surface area (Å²) in [5, 5.41) is 1.18. The standard InChI is InChI=1S/C54H40N2O/c1-54(2)48-35-45(30-31-46(48)52-47-18-10-12-20-51(47)57-53(52)54)55(43-26-21-37(22-27-43)36-13-5-3-6-14-36)44-28-23-38(24-29-44)39-25-32-50-41(33-39)34-40-15-9-11-19-49(40)56(50)42-16-7-4-8-17-42/h3-33,35H,34H2,1-2H3. The van der Waals surface area contributed by atoms with Crippen molar-refractivity contribution in [2.75, 3.05) is 9.80 Å². The van der Waals surface area contributed by atoms with Gasteiger partial charge in [-0.3, -0.25) is 0 Å². The Hall–Kier alpha value is -7.10. The molecule has 2 heterocycles. The molecule has 8 aromatic carbocycles. The van der Waals surface area contributed by atoms with Gasteiger partial charge in [-0.2, -0.15) is 0 Å². The van der Waals surface area contributed by atoms with E-state index in [1.54, 1.807) is 0 Å². The third-order valence-corrected chi connectivity index (χ3v) is 12.0. The van der Waals surface area contributed by atoms with Gasteiger partial charge in [0.2, 0.25) is 0 Å². The molecule has 2 aliphatic rings. The number of para-hydroxylation sites is 3. The van der Waals surface area contributed by atoms with E-state index < -0.39 is 0 Å². The third-order valence-electron chi connectivity index (χ3n) is 12.0. The molecule has 1 aromatic heterocycles. The first kappa shape index (κ1) is 33.3. The van der Waals surface area contributed by atoms with E-state index in [2.05, 4.69) is 212 Å². The number of rotatable bonds is 6. The normalized spacial score (nSPS) is 13.5. The van der Waals surface area contributed by atoms with Gasteiger partial charge in [0.1, 0.15) is 11.3 Å². The minimum Gasteiger partial charge on any atom is -0.459 e. The molecular weight excluding hydrogens is 693 g/mol. The lowest BCUT2D eigenvalue weighted by molar-refractivity contribution is 0.465. The Morgan fingerprint density at radius 2 is 1.07 bits per heavy atom. The Bertz CT molecular complexity index is 2940. The first-order valence-electron chi connectivity index (χ1n) is 19.8. The zero-order valence-electron chi connectivity index (χ0n) is 32.0. The van der Waals surface area contributed by atoms with Crippen LogP contribution in [0.1, 0.15) is 36.3 Å². The van der Waals surface area contributed by atoms with E-state index in [0.29, 0.717) is 0 Å². The number of benzene rings is 8. The highest BCUT2D eigenvalue weighted by Crippen LogP contribution is 2.54. The minimum absolute atomic E-state index is 0.282. The highest BCUT2D eigenvalue weighted by Gasteiger charge is 2.41. The van der Waals surface area contributed by atoms with E-state index in [9.17, 15) is 0 Å². The van der Waals surface area contributed by atoms with Gasteiger partial charge in [0.05, 0.1) is 0 Å². The van der Waals surface area contributed by atoms with E-state index in [4.69, 9.17) is 4.42 Å². The maximum absolute atomic E-state index is 6.55. The molecule has 9 aromatic rings. The Labute approximate surface area is 333 Å². The van der Waals surface area contributed by atoms with Crippen LogP contribution in [-0.2, 0) is 11.8 Å². The molecular formula is C54H40N2O. The third kappa shape index (κ3) is 5.42. The molecule has 0 bridgehead atoms. The fourth-order valence-corrected chi connectivity index (χ4v) is 9.16. The summed E-state index contributed by atoms with van der Waals surface area (Å²) in [5.74, 6) is 1.04. The summed E-state index contributed by atoms with van der Waals surface area (Å²) in [7, 11) is 0. The first-order valence-corrected chi connectivity index (χ1v) is 19.8. The molecule has 0 radical (unpaired) electrons. The lowest BCUT2D eigenvalue weighted by Gasteiger charge is -2.33. The summed E-state index contributed by atoms with van der Waals surface area (Å²) in [6.07, 6.45) is 0.900. The summed E-state index contributed by atoms with van der Waals surface area (Å²) in [6, 6.07) is 70.4. The SMILES string of the molecule is CC1(C)c2cc(N(c3ccc(-c4ccccc4)cc3)c3ccc(-c4ccc5c(c4)Cc4ccccc4N5c4ccccc4)cc3)ccc2-c2c1oc1ccccc21. The van der Waals surface area contributed by atoms with Gasteiger partial charge in [0.25, 0.3) is 0 Å². The Kier molecular flexibility index (Phi) is 7.58. The van der Waals surface area contributed by atoms with Crippen molar-refractivity contribution >= 4 is 45.1 Å². The maximum atomic E-state index is 6.55. The van der Waals surface area contributed by atoms with Crippen LogP contribution in [0.5, 0.6) is 0 Å². The van der Waals surface area contributed by atoms with Crippen molar-refractivity contribution in [3.05, 3.63) is 217 Å². The minimum atomic E-state index is -0.282. The van der Waals surface area contributed by atoms with Crippen LogP contribution in [0.25, 0.3) is 44.3 Å². The van der Waals surface area contributed by atoms with Crippen LogP contribution in [0.4, 0.5) is 34.1 Å². The Morgan fingerprint density at radius 1 is 0.491 bits per heavy atom. The quantitative estimate of drug-likeness (QED) is 0.170. The fourth-order valence-electron chi connectivity index (χ4n) is 9.16. The molecule has 0 N–H and O–H groups in total. The topological polar surface area (TPSA) is 19.6 Å². The molecule has 57 heavy (non-hydrogen) atoms. The smallest absolute Gasteiger partial charge is 0.134 e. The molecule has 0 saturated carbocycles.